The summed E-state index contributed by atoms with van der Waals surface area (Å²) in [6.07, 6.45) is 1.36. The first-order valence-corrected chi connectivity index (χ1v) is 11.5. The smallest absolute Gasteiger partial charge is 0.353 e. The quantitative estimate of drug-likeness (QED) is 0.396. The van der Waals surface area contributed by atoms with Gasteiger partial charge in [-0.15, -0.1) is 0 Å². The van der Waals surface area contributed by atoms with Crippen molar-refractivity contribution in [2.75, 3.05) is 4.72 Å². The number of aromatic nitrogens is 2. The summed E-state index contributed by atoms with van der Waals surface area (Å²) in [6, 6.07) is 17.4. The van der Waals surface area contributed by atoms with E-state index in [1.54, 1.807) is 54.6 Å². The fourth-order valence-electron chi connectivity index (χ4n) is 3.54. The number of hydrogen-bond acceptors (Lipinski definition) is 4. The number of anilines is 1. The number of pyridine rings is 1. The minimum absolute atomic E-state index is 0.00326. The molecule has 0 saturated carbocycles. The van der Waals surface area contributed by atoms with Crippen LogP contribution in [-0.2, 0) is 15.4 Å². The molecule has 4 rings (SSSR count). The van der Waals surface area contributed by atoms with Gasteiger partial charge in [0.25, 0.3) is 10.0 Å². The third-order valence-corrected chi connectivity index (χ3v) is 6.61. The number of aromatic carboxylic acids is 1. The lowest BCUT2D eigenvalue weighted by molar-refractivity contribution is 0.0692. The number of nitrogens with one attached hydrogen (secondary N) is 2. The number of fused-ring (bicyclic) bond motifs is 1. The maximum absolute atomic E-state index is 12.9. The molecule has 0 spiro atoms. The van der Waals surface area contributed by atoms with Crippen LogP contribution in [0, 0.1) is 0 Å². The molecule has 164 valence electrons. The van der Waals surface area contributed by atoms with Crippen LogP contribution in [-0.4, -0.2) is 29.5 Å². The lowest BCUT2D eigenvalue weighted by Crippen LogP contribution is -2.15. The number of hydrogen-bond donors (Lipinski definition) is 3. The van der Waals surface area contributed by atoms with Gasteiger partial charge in [0, 0.05) is 10.9 Å². The van der Waals surface area contributed by atoms with Crippen LogP contribution in [0.2, 0.25) is 0 Å². The molecule has 0 aliphatic rings. The predicted molar refractivity (Wildman–Crippen MR) is 124 cm³/mol. The van der Waals surface area contributed by atoms with E-state index in [2.05, 4.69) is 35.5 Å². The standard InChI is InChI=1S/C24H23N3O4S/c1-24(2,3)16-9-11-18(12-10-16)32(30,31)27-17-13-19-20(15-7-5-4-6-8-15)21(23(28)29)26-22(19)25-14-17/h4-14,27H,1-3H3,(H,25,26)(H,28,29). The van der Waals surface area contributed by atoms with Crippen LogP contribution in [0.4, 0.5) is 5.69 Å². The molecule has 2 heterocycles. The van der Waals surface area contributed by atoms with Gasteiger partial charge in [-0.2, -0.15) is 0 Å². The molecule has 3 N–H and O–H groups in total. The molecule has 8 heteroatoms. The molecular formula is C24H23N3O4S. The second-order valence-corrected chi connectivity index (χ2v) is 10.2. The van der Waals surface area contributed by atoms with E-state index in [9.17, 15) is 18.3 Å². The zero-order chi connectivity index (χ0) is 23.1. The largest absolute Gasteiger partial charge is 0.477 e. The molecule has 0 radical (unpaired) electrons. The fraction of sp³-hybridized carbons (Fsp3) is 0.167. The van der Waals surface area contributed by atoms with E-state index in [1.165, 1.54) is 6.20 Å². The maximum atomic E-state index is 12.9. The Labute approximate surface area is 186 Å². The van der Waals surface area contributed by atoms with Gasteiger partial charge in [-0.3, -0.25) is 4.72 Å². The Morgan fingerprint density at radius 3 is 2.28 bits per heavy atom. The molecule has 0 unspecified atom stereocenters. The van der Waals surface area contributed by atoms with Crippen molar-refractivity contribution in [2.45, 2.75) is 31.1 Å². The van der Waals surface area contributed by atoms with E-state index < -0.39 is 16.0 Å². The number of nitrogens with zero attached hydrogens (tertiary/aromatic N) is 1. The summed E-state index contributed by atoms with van der Waals surface area (Å²) >= 11 is 0. The van der Waals surface area contributed by atoms with Gasteiger partial charge < -0.3 is 10.1 Å². The highest BCUT2D eigenvalue weighted by Crippen LogP contribution is 2.33. The zero-order valence-corrected chi connectivity index (χ0v) is 18.7. The molecule has 0 saturated heterocycles. The van der Waals surface area contributed by atoms with Crippen molar-refractivity contribution in [3.05, 3.63) is 78.1 Å². The van der Waals surface area contributed by atoms with Crippen molar-refractivity contribution in [3.8, 4) is 11.1 Å². The van der Waals surface area contributed by atoms with Crippen molar-refractivity contribution >= 4 is 32.7 Å². The number of carbonyl (C=O) groups is 1. The Bertz CT molecular complexity index is 1400. The van der Waals surface area contributed by atoms with E-state index in [0.717, 1.165) is 5.56 Å². The second kappa shape index (κ2) is 7.80. The molecular weight excluding hydrogens is 426 g/mol. The van der Waals surface area contributed by atoms with Crippen molar-refractivity contribution < 1.29 is 18.3 Å². The van der Waals surface area contributed by atoms with Crippen LogP contribution >= 0.6 is 0 Å². The minimum Gasteiger partial charge on any atom is -0.477 e. The molecule has 2 aromatic carbocycles. The molecule has 0 aliphatic carbocycles. The van der Waals surface area contributed by atoms with Crippen LogP contribution in [0.25, 0.3) is 22.2 Å². The molecule has 0 amide bonds. The van der Waals surface area contributed by atoms with Crippen LogP contribution in [0.5, 0.6) is 0 Å². The number of H-pyrrole nitrogens is 1. The highest BCUT2D eigenvalue weighted by Gasteiger charge is 2.21. The lowest BCUT2D eigenvalue weighted by Gasteiger charge is -2.19. The van der Waals surface area contributed by atoms with Gasteiger partial charge in [0.2, 0.25) is 0 Å². The van der Waals surface area contributed by atoms with Crippen molar-refractivity contribution in [2.24, 2.45) is 0 Å². The lowest BCUT2D eigenvalue weighted by atomic mass is 9.87. The number of aromatic amines is 1. The predicted octanol–water partition coefficient (Wildman–Crippen LogP) is 5.03. The van der Waals surface area contributed by atoms with E-state index in [1.807, 2.05) is 6.07 Å². The van der Waals surface area contributed by atoms with Crippen molar-refractivity contribution in [1.82, 2.24) is 9.97 Å². The zero-order valence-electron chi connectivity index (χ0n) is 17.9. The van der Waals surface area contributed by atoms with E-state index in [-0.39, 0.29) is 21.7 Å². The van der Waals surface area contributed by atoms with Crippen LogP contribution in [0.1, 0.15) is 36.8 Å². The van der Waals surface area contributed by atoms with Crippen LogP contribution in [0.15, 0.2) is 71.8 Å². The van der Waals surface area contributed by atoms with Crippen LogP contribution in [0.3, 0.4) is 0 Å². The van der Waals surface area contributed by atoms with Gasteiger partial charge in [-0.25, -0.2) is 18.2 Å². The van der Waals surface area contributed by atoms with Gasteiger partial charge in [0.1, 0.15) is 11.3 Å². The van der Waals surface area contributed by atoms with Crippen molar-refractivity contribution in [1.29, 1.82) is 0 Å². The summed E-state index contributed by atoms with van der Waals surface area (Å²) in [5.41, 5.74) is 2.68. The first kappa shape index (κ1) is 21.6. The third kappa shape index (κ3) is 4.09. The Morgan fingerprint density at radius 1 is 1.03 bits per heavy atom. The molecule has 0 fully saturated rings. The molecule has 0 aliphatic heterocycles. The van der Waals surface area contributed by atoms with Gasteiger partial charge >= 0.3 is 5.97 Å². The monoisotopic (exact) mass is 449 g/mol. The molecule has 2 aromatic heterocycles. The summed E-state index contributed by atoms with van der Waals surface area (Å²) in [5.74, 6) is -1.12. The average molecular weight is 450 g/mol. The normalized spacial score (nSPS) is 12.1. The van der Waals surface area contributed by atoms with Crippen molar-refractivity contribution in [3.63, 3.8) is 0 Å². The Kier molecular flexibility index (Phi) is 5.26. The Balaban J connectivity index is 1.75. The van der Waals surface area contributed by atoms with Gasteiger partial charge in [0.05, 0.1) is 16.8 Å². The average Bonchev–Trinajstić information content (AvgIpc) is 3.13. The Morgan fingerprint density at radius 2 is 1.69 bits per heavy atom. The molecule has 4 aromatic rings. The fourth-order valence-corrected chi connectivity index (χ4v) is 4.57. The number of carboxylic acid groups (broad SMARTS) is 1. The van der Waals surface area contributed by atoms with Gasteiger partial charge in [-0.05, 0) is 34.7 Å². The molecule has 32 heavy (non-hydrogen) atoms. The van der Waals surface area contributed by atoms with Gasteiger partial charge in [-0.1, -0.05) is 63.2 Å². The summed E-state index contributed by atoms with van der Waals surface area (Å²) in [7, 11) is -3.85. The number of carboxylic acids is 1. The molecule has 0 bridgehead atoms. The first-order valence-electron chi connectivity index (χ1n) is 10.00. The highest BCUT2D eigenvalue weighted by molar-refractivity contribution is 7.92. The Hall–Kier alpha value is -3.65. The second-order valence-electron chi connectivity index (χ2n) is 8.55. The summed E-state index contributed by atoms with van der Waals surface area (Å²) in [4.78, 5) is 19.0. The highest BCUT2D eigenvalue weighted by atomic mass is 32.2. The van der Waals surface area contributed by atoms with E-state index in [0.29, 0.717) is 22.2 Å². The summed E-state index contributed by atoms with van der Waals surface area (Å²) in [5, 5.41) is 10.2. The topological polar surface area (TPSA) is 112 Å². The number of sulfonamides is 1. The maximum Gasteiger partial charge on any atom is 0.353 e. The van der Waals surface area contributed by atoms with E-state index in [4.69, 9.17) is 0 Å². The molecule has 0 atom stereocenters. The molecule has 7 nitrogen and oxygen atoms in total. The minimum atomic E-state index is -3.85. The SMILES string of the molecule is CC(C)(C)c1ccc(S(=O)(=O)Nc2cnc3[nH]c(C(=O)O)c(-c4ccccc4)c3c2)cc1. The summed E-state index contributed by atoms with van der Waals surface area (Å²) < 4.78 is 28.4. The first-order chi connectivity index (χ1) is 15.1. The third-order valence-electron chi connectivity index (χ3n) is 5.21. The summed E-state index contributed by atoms with van der Waals surface area (Å²) in [6.45, 7) is 6.17. The van der Waals surface area contributed by atoms with Crippen LogP contribution < -0.4 is 4.72 Å². The van der Waals surface area contributed by atoms with Gasteiger partial charge in [0.15, 0.2) is 0 Å². The number of benzene rings is 2. The number of rotatable bonds is 5. The van der Waals surface area contributed by atoms with E-state index >= 15 is 0 Å².